The van der Waals surface area contributed by atoms with Crippen LogP contribution in [0.4, 0.5) is 11.4 Å². The first-order valence-corrected chi connectivity index (χ1v) is 6.28. The monoisotopic (exact) mass is 245 g/mol. The molecule has 4 nitrogen and oxygen atoms in total. The van der Waals surface area contributed by atoms with E-state index < -0.39 is 0 Å². The lowest BCUT2D eigenvalue weighted by atomic mass is 10.1. The molecule has 0 aliphatic heterocycles. The molecule has 1 aromatic carbocycles. The first kappa shape index (κ1) is 12.5. The normalized spacial score (nSPS) is 14.3. The van der Waals surface area contributed by atoms with Gasteiger partial charge in [0.25, 0.3) is 5.91 Å². The third kappa shape index (κ3) is 3.03. The second kappa shape index (κ2) is 5.58. The lowest BCUT2D eigenvalue weighted by Gasteiger charge is -2.08. The average molecular weight is 245 g/mol. The van der Waals surface area contributed by atoms with Crippen molar-refractivity contribution >= 4 is 17.3 Å². The molecular weight excluding hydrogens is 226 g/mol. The van der Waals surface area contributed by atoms with E-state index in [0.717, 1.165) is 6.42 Å². The Hall–Kier alpha value is -1.97. The molecule has 2 rings (SSSR count). The molecule has 0 saturated carbocycles. The molecule has 4 heteroatoms. The fourth-order valence-corrected chi connectivity index (χ4v) is 2.18. The molecule has 0 unspecified atom stereocenters. The number of nitrogens with two attached hydrogens (primary N) is 2. The summed E-state index contributed by atoms with van der Waals surface area (Å²) in [6.45, 7) is 0.661. The molecule has 18 heavy (non-hydrogen) atoms. The first-order valence-electron chi connectivity index (χ1n) is 6.28. The van der Waals surface area contributed by atoms with Crippen molar-refractivity contribution in [3.8, 4) is 0 Å². The summed E-state index contributed by atoms with van der Waals surface area (Å²) >= 11 is 0. The molecule has 1 amide bonds. The summed E-state index contributed by atoms with van der Waals surface area (Å²) in [6, 6.07) is 4.95. The van der Waals surface area contributed by atoms with Crippen LogP contribution >= 0.6 is 0 Å². The van der Waals surface area contributed by atoms with Crippen molar-refractivity contribution in [1.29, 1.82) is 0 Å². The predicted molar refractivity (Wildman–Crippen MR) is 74.2 cm³/mol. The Bertz CT molecular complexity index is 480. The molecule has 0 saturated heterocycles. The number of hydrogen-bond acceptors (Lipinski definition) is 3. The average Bonchev–Trinajstić information content (AvgIpc) is 2.81. The molecule has 0 bridgehead atoms. The Morgan fingerprint density at radius 2 is 2.17 bits per heavy atom. The van der Waals surface area contributed by atoms with Crippen LogP contribution in [0.2, 0.25) is 0 Å². The van der Waals surface area contributed by atoms with E-state index in [4.69, 9.17) is 11.5 Å². The van der Waals surface area contributed by atoms with Gasteiger partial charge in [0.15, 0.2) is 0 Å². The van der Waals surface area contributed by atoms with E-state index in [1.807, 2.05) is 0 Å². The molecular formula is C14H19N3O. The van der Waals surface area contributed by atoms with Crippen molar-refractivity contribution in [2.75, 3.05) is 18.0 Å². The largest absolute Gasteiger partial charge is 0.399 e. The Labute approximate surface area is 107 Å². The first-order chi connectivity index (χ1) is 8.66. The maximum absolute atomic E-state index is 11.9. The van der Waals surface area contributed by atoms with Gasteiger partial charge in [-0.2, -0.15) is 0 Å². The van der Waals surface area contributed by atoms with Crippen LogP contribution in [0.25, 0.3) is 0 Å². The van der Waals surface area contributed by atoms with E-state index in [0.29, 0.717) is 23.5 Å². The molecule has 1 aromatic rings. The van der Waals surface area contributed by atoms with Gasteiger partial charge in [0.2, 0.25) is 0 Å². The highest BCUT2D eigenvalue weighted by atomic mass is 16.1. The summed E-state index contributed by atoms with van der Waals surface area (Å²) in [7, 11) is 0. The summed E-state index contributed by atoms with van der Waals surface area (Å²) in [4.78, 5) is 11.9. The van der Waals surface area contributed by atoms with Crippen molar-refractivity contribution < 1.29 is 4.79 Å². The van der Waals surface area contributed by atoms with Gasteiger partial charge in [-0.05, 0) is 43.9 Å². The van der Waals surface area contributed by atoms with Gasteiger partial charge >= 0.3 is 0 Å². The molecule has 5 N–H and O–H groups in total. The maximum Gasteiger partial charge on any atom is 0.253 e. The van der Waals surface area contributed by atoms with Crippen LogP contribution in [0.3, 0.4) is 0 Å². The Morgan fingerprint density at radius 3 is 2.83 bits per heavy atom. The van der Waals surface area contributed by atoms with Crippen LogP contribution in [-0.2, 0) is 0 Å². The Balaban J connectivity index is 1.87. The Morgan fingerprint density at radius 1 is 1.33 bits per heavy atom. The number of allylic oxidation sites excluding steroid dienone is 1. The summed E-state index contributed by atoms with van der Waals surface area (Å²) in [5, 5.41) is 2.89. The van der Waals surface area contributed by atoms with E-state index in [1.54, 1.807) is 18.2 Å². The number of benzene rings is 1. The maximum atomic E-state index is 11.9. The highest BCUT2D eigenvalue weighted by Gasteiger charge is 2.10. The highest BCUT2D eigenvalue weighted by Crippen LogP contribution is 2.20. The highest BCUT2D eigenvalue weighted by molar-refractivity contribution is 5.99. The zero-order chi connectivity index (χ0) is 13.0. The molecule has 0 aromatic heterocycles. The van der Waals surface area contributed by atoms with Crippen molar-refractivity contribution in [1.82, 2.24) is 5.32 Å². The zero-order valence-corrected chi connectivity index (χ0v) is 10.4. The molecule has 0 heterocycles. The predicted octanol–water partition coefficient (Wildman–Crippen LogP) is 2.08. The minimum absolute atomic E-state index is 0.133. The molecule has 0 atom stereocenters. The van der Waals surface area contributed by atoms with Crippen LogP contribution in [0.5, 0.6) is 0 Å². The van der Waals surface area contributed by atoms with Crippen LogP contribution in [-0.4, -0.2) is 12.5 Å². The summed E-state index contributed by atoms with van der Waals surface area (Å²) in [5.41, 5.74) is 14.3. The number of amides is 1. The second-order valence-electron chi connectivity index (χ2n) is 4.61. The van der Waals surface area contributed by atoms with Gasteiger partial charge in [-0.25, -0.2) is 0 Å². The van der Waals surface area contributed by atoms with E-state index >= 15 is 0 Å². The third-order valence-corrected chi connectivity index (χ3v) is 3.19. The lowest BCUT2D eigenvalue weighted by Crippen LogP contribution is -2.25. The smallest absolute Gasteiger partial charge is 0.253 e. The fraction of sp³-hybridized carbons (Fsp3) is 0.357. The minimum atomic E-state index is -0.133. The number of rotatable bonds is 4. The van der Waals surface area contributed by atoms with Gasteiger partial charge in [-0.1, -0.05) is 11.6 Å². The third-order valence-electron chi connectivity index (χ3n) is 3.19. The topological polar surface area (TPSA) is 81.1 Å². The van der Waals surface area contributed by atoms with Crippen molar-refractivity contribution in [3.05, 3.63) is 35.4 Å². The summed E-state index contributed by atoms with van der Waals surface area (Å²) in [5.74, 6) is -0.133. The van der Waals surface area contributed by atoms with Crippen LogP contribution in [0.1, 0.15) is 36.0 Å². The fourth-order valence-electron chi connectivity index (χ4n) is 2.18. The zero-order valence-electron chi connectivity index (χ0n) is 10.4. The standard InChI is InChI=1S/C14H19N3O/c15-11-5-6-12(13(16)9-11)14(18)17-8-7-10-3-1-2-4-10/h3,5-6,9H,1-2,4,7-8,15-16H2,(H,17,18). The molecule has 0 spiro atoms. The molecule has 1 aliphatic rings. The number of nitrogen functional groups attached to an aromatic ring is 2. The molecule has 0 fully saturated rings. The van der Waals surface area contributed by atoms with Crippen molar-refractivity contribution in [2.45, 2.75) is 25.7 Å². The SMILES string of the molecule is Nc1ccc(C(=O)NCCC2=CCCC2)c(N)c1. The van der Waals surface area contributed by atoms with Gasteiger partial charge in [-0.3, -0.25) is 4.79 Å². The van der Waals surface area contributed by atoms with Crippen LogP contribution in [0.15, 0.2) is 29.8 Å². The second-order valence-corrected chi connectivity index (χ2v) is 4.61. The Kier molecular flexibility index (Phi) is 3.87. The summed E-state index contributed by atoms with van der Waals surface area (Å²) in [6.07, 6.45) is 6.78. The van der Waals surface area contributed by atoms with E-state index in [-0.39, 0.29) is 5.91 Å². The van der Waals surface area contributed by atoms with Crippen LogP contribution < -0.4 is 16.8 Å². The summed E-state index contributed by atoms with van der Waals surface area (Å²) < 4.78 is 0. The number of anilines is 2. The van der Waals surface area contributed by atoms with Crippen LogP contribution in [0, 0.1) is 0 Å². The van der Waals surface area contributed by atoms with Crippen molar-refractivity contribution in [2.24, 2.45) is 0 Å². The number of hydrogen-bond donors (Lipinski definition) is 3. The number of nitrogens with one attached hydrogen (secondary N) is 1. The van der Waals surface area contributed by atoms with Gasteiger partial charge in [0, 0.05) is 17.9 Å². The van der Waals surface area contributed by atoms with Gasteiger partial charge in [-0.15, -0.1) is 0 Å². The van der Waals surface area contributed by atoms with E-state index in [1.165, 1.54) is 24.8 Å². The minimum Gasteiger partial charge on any atom is -0.399 e. The van der Waals surface area contributed by atoms with E-state index in [9.17, 15) is 4.79 Å². The quantitative estimate of drug-likeness (QED) is 0.561. The number of carbonyl (C=O) groups is 1. The van der Waals surface area contributed by atoms with Gasteiger partial charge in [0.05, 0.1) is 5.56 Å². The number of carbonyl (C=O) groups excluding carboxylic acids is 1. The van der Waals surface area contributed by atoms with Gasteiger partial charge < -0.3 is 16.8 Å². The van der Waals surface area contributed by atoms with Crippen molar-refractivity contribution in [3.63, 3.8) is 0 Å². The van der Waals surface area contributed by atoms with E-state index in [2.05, 4.69) is 11.4 Å². The lowest BCUT2D eigenvalue weighted by molar-refractivity contribution is 0.0955. The molecule has 96 valence electrons. The van der Waals surface area contributed by atoms with Gasteiger partial charge in [0.1, 0.15) is 0 Å². The molecule has 0 radical (unpaired) electrons. The molecule has 1 aliphatic carbocycles.